The van der Waals surface area contributed by atoms with E-state index >= 15 is 0 Å². The van der Waals surface area contributed by atoms with E-state index < -0.39 is 0 Å². The molecule has 116 valence electrons. The summed E-state index contributed by atoms with van der Waals surface area (Å²) >= 11 is 0. The standard InChI is InChI=1S/C15H29N3O2/c1-2-3-12-20-15(19)13-17-8-4-14(5-9-17)18-10-6-16-7-11-18/h14,16H,2-13H2,1H3. The Labute approximate surface area is 122 Å². The lowest BCUT2D eigenvalue weighted by Crippen LogP contribution is -2.52. The number of piperazine rings is 1. The lowest BCUT2D eigenvalue weighted by atomic mass is 10.0. The second-order valence-electron chi connectivity index (χ2n) is 5.87. The van der Waals surface area contributed by atoms with E-state index in [9.17, 15) is 4.79 Å². The Morgan fingerprint density at radius 1 is 1.20 bits per heavy atom. The van der Waals surface area contributed by atoms with Gasteiger partial charge in [0.2, 0.25) is 0 Å². The van der Waals surface area contributed by atoms with Gasteiger partial charge < -0.3 is 10.1 Å². The number of hydrogen-bond donors (Lipinski definition) is 1. The fourth-order valence-corrected chi connectivity index (χ4v) is 3.05. The van der Waals surface area contributed by atoms with Gasteiger partial charge in [-0.3, -0.25) is 14.6 Å². The van der Waals surface area contributed by atoms with Crippen LogP contribution in [0, 0.1) is 0 Å². The van der Waals surface area contributed by atoms with Crippen molar-refractivity contribution >= 4 is 5.97 Å². The number of carbonyl (C=O) groups excluding carboxylic acids is 1. The molecule has 5 heteroatoms. The Morgan fingerprint density at radius 2 is 1.90 bits per heavy atom. The zero-order valence-electron chi connectivity index (χ0n) is 12.8. The van der Waals surface area contributed by atoms with Gasteiger partial charge in [0.15, 0.2) is 0 Å². The summed E-state index contributed by atoms with van der Waals surface area (Å²) in [7, 11) is 0. The van der Waals surface area contributed by atoms with Crippen molar-refractivity contribution in [2.24, 2.45) is 0 Å². The molecule has 0 saturated carbocycles. The predicted molar refractivity (Wildman–Crippen MR) is 79.8 cm³/mol. The van der Waals surface area contributed by atoms with Gasteiger partial charge in [0.1, 0.15) is 0 Å². The van der Waals surface area contributed by atoms with E-state index in [1.54, 1.807) is 0 Å². The van der Waals surface area contributed by atoms with E-state index in [1.165, 1.54) is 25.9 Å². The molecule has 2 saturated heterocycles. The maximum absolute atomic E-state index is 11.7. The van der Waals surface area contributed by atoms with E-state index in [2.05, 4.69) is 22.0 Å². The highest BCUT2D eigenvalue weighted by atomic mass is 16.5. The summed E-state index contributed by atoms with van der Waals surface area (Å²) in [6.07, 6.45) is 4.41. The molecule has 1 N–H and O–H groups in total. The molecule has 0 amide bonds. The molecule has 2 heterocycles. The highest BCUT2D eigenvalue weighted by Gasteiger charge is 2.26. The summed E-state index contributed by atoms with van der Waals surface area (Å²) < 4.78 is 5.23. The van der Waals surface area contributed by atoms with Crippen LogP contribution in [0.2, 0.25) is 0 Å². The average molecular weight is 283 g/mol. The molecule has 2 aliphatic rings. The zero-order valence-corrected chi connectivity index (χ0v) is 12.8. The first-order chi connectivity index (χ1) is 9.79. The van der Waals surface area contributed by atoms with Crippen molar-refractivity contribution in [3.8, 4) is 0 Å². The van der Waals surface area contributed by atoms with Gasteiger partial charge >= 0.3 is 5.97 Å². The second kappa shape index (κ2) is 8.60. The minimum Gasteiger partial charge on any atom is -0.465 e. The van der Waals surface area contributed by atoms with Crippen LogP contribution in [0.3, 0.4) is 0 Å². The fraction of sp³-hybridized carbons (Fsp3) is 0.933. The number of rotatable bonds is 6. The number of hydrogen-bond acceptors (Lipinski definition) is 5. The summed E-state index contributed by atoms with van der Waals surface area (Å²) in [4.78, 5) is 16.5. The molecule has 5 nitrogen and oxygen atoms in total. The van der Waals surface area contributed by atoms with Crippen LogP contribution in [0.4, 0.5) is 0 Å². The van der Waals surface area contributed by atoms with Crippen LogP contribution in [-0.4, -0.2) is 74.2 Å². The third-order valence-electron chi connectivity index (χ3n) is 4.34. The predicted octanol–water partition coefficient (Wildman–Crippen LogP) is 0.699. The van der Waals surface area contributed by atoms with Crippen LogP contribution < -0.4 is 5.32 Å². The number of nitrogens with zero attached hydrogens (tertiary/aromatic N) is 2. The van der Waals surface area contributed by atoms with Crippen molar-refractivity contribution in [2.45, 2.75) is 38.6 Å². The van der Waals surface area contributed by atoms with Gasteiger partial charge in [0.25, 0.3) is 0 Å². The molecule has 0 aliphatic carbocycles. The van der Waals surface area contributed by atoms with Gasteiger partial charge in [-0.15, -0.1) is 0 Å². The number of ether oxygens (including phenoxy) is 1. The van der Waals surface area contributed by atoms with Gasteiger partial charge in [0, 0.05) is 45.3 Å². The third-order valence-corrected chi connectivity index (χ3v) is 4.34. The number of piperidine rings is 1. The van der Waals surface area contributed by atoms with Crippen LogP contribution in [0.15, 0.2) is 0 Å². The summed E-state index contributed by atoms with van der Waals surface area (Å²) in [5.41, 5.74) is 0. The molecule has 2 rings (SSSR count). The Balaban J connectivity index is 1.62. The number of nitrogens with one attached hydrogen (secondary N) is 1. The Morgan fingerprint density at radius 3 is 2.55 bits per heavy atom. The Bertz CT molecular complexity index is 285. The first-order valence-corrected chi connectivity index (χ1v) is 8.12. The molecule has 0 aromatic heterocycles. The van der Waals surface area contributed by atoms with Gasteiger partial charge in [-0.25, -0.2) is 0 Å². The van der Waals surface area contributed by atoms with E-state index in [-0.39, 0.29) is 5.97 Å². The maximum Gasteiger partial charge on any atom is 0.320 e. The first-order valence-electron chi connectivity index (χ1n) is 8.12. The summed E-state index contributed by atoms with van der Waals surface area (Å²) in [5.74, 6) is -0.0564. The smallest absolute Gasteiger partial charge is 0.320 e. The molecule has 0 aromatic carbocycles. The Kier molecular flexibility index (Phi) is 6.76. The third kappa shape index (κ3) is 5.04. The maximum atomic E-state index is 11.7. The highest BCUT2D eigenvalue weighted by molar-refractivity contribution is 5.71. The molecule has 0 unspecified atom stereocenters. The summed E-state index contributed by atoms with van der Waals surface area (Å²) in [6, 6.07) is 0.712. The minimum absolute atomic E-state index is 0.0564. The van der Waals surface area contributed by atoms with Crippen molar-refractivity contribution in [2.75, 3.05) is 52.4 Å². The van der Waals surface area contributed by atoms with Crippen molar-refractivity contribution in [3.63, 3.8) is 0 Å². The van der Waals surface area contributed by atoms with E-state index in [1.807, 2.05) is 0 Å². The molecular weight excluding hydrogens is 254 g/mol. The van der Waals surface area contributed by atoms with Crippen LogP contribution in [0.5, 0.6) is 0 Å². The molecule has 0 bridgehead atoms. The van der Waals surface area contributed by atoms with Crippen molar-refractivity contribution < 1.29 is 9.53 Å². The molecule has 0 radical (unpaired) electrons. The normalized spacial score (nSPS) is 22.9. The monoisotopic (exact) mass is 283 g/mol. The zero-order chi connectivity index (χ0) is 14.2. The fourth-order valence-electron chi connectivity index (χ4n) is 3.05. The van der Waals surface area contributed by atoms with Crippen LogP contribution in [0.1, 0.15) is 32.6 Å². The lowest BCUT2D eigenvalue weighted by Gasteiger charge is -2.40. The molecule has 0 spiro atoms. The van der Waals surface area contributed by atoms with Gasteiger partial charge in [-0.05, 0) is 19.3 Å². The first kappa shape index (κ1) is 15.7. The topological polar surface area (TPSA) is 44.8 Å². The number of carbonyl (C=O) groups is 1. The number of likely N-dealkylation sites (tertiary alicyclic amines) is 1. The largest absolute Gasteiger partial charge is 0.465 e. The molecule has 0 aromatic rings. The second-order valence-corrected chi connectivity index (χ2v) is 5.87. The summed E-state index contributed by atoms with van der Waals surface area (Å²) in [5, 5.41) is 3.40. The van der Waals surface area contributed by atoms with Crippen LogP contribution in [-0.2, 0) is 9.53 Å². The quantitative estimate of drug-likeness (QED) is 0.574. The average Bonchev–Trinajstić information content (AvgIpc) is 2.49. The van der Waals surface area contributed by atoms with Gasteiger partial charge in [-0.1, -0.05) is 13.3 Å². The SMILES string of the molecule is CCCCOC(=O)CN1CCC(N2CCNCC2)CC1. The van der Waals surface area contributed by atoms with E-state index in [0.717, 1.165) is 39.0 Å². The van der Waals surface area contributed by atoms with Gasteiger partial charge in [0.05, 0.1) is 13.2 Å². The number of unbranched alkanes of at least 4 members (excludes halogenated alkanes) is 1. The molecule has 2 fully saturated rings. The minimum atomic E-state index is -0.0564. The number of esters is 1. The summed E-state index contributed by atoms with van der Waals surface area (Å²) in [6.45, 7) is 9.77. The van der Waals surface area contributed by atoms with Gasteiger partial charge in [-0.2, -0.15) is 0 Å². The Hall–Kier alpha value is -0.650. The van der Waals surface area contributed by atoms with Crippen LogP contribution in [0.25, 0.3) is 0 Å². The molecular formula is C15H29N3O2. The van der Waals surface area contributed by atoms with Crippen LogP contribution >= 0.6 is 0 Å². The highest BCUT2D eigenvalue weighted by Crippen LogP contribution is 2.16. The van der Waals surface area contributed by atoms with Crippen molar-refractivity contribution in [1.29, 1.82) is 0 Å². The molecule has 20 heavy (non-hydrogen) atoms. The lowest BCUT2D eigenvalue weighted by molar-refractivity contribution is -0.145. The van der Waals surface area contributed by atoms with Crippen molar-refractivity contribution in [1.82, 2.24) is 15.1 Å². The molecule has 2 aliphatic heterocycles. The van der Waals surface area contributed by atoms with E-state index in [4.69, 9.17) is 4.74 Å². The molecule has 0 atom stereocenters. The van der Waals surface area contributed by atoms with E-state index in [0.29, 0.717) is 19.2 Å². The van der Waals surface area contributed by atoms with Crippen molar-refractivity contribution in [3.05, 3.63) is 0 Å².